The van der Waals surface area contributed by atoms with Crippen LogP contribution in [-0.4, -0.2) is 110 Å². The van der Waals surface area contributed by atoms with Crippen molar-refractivity contribution in [3.05, 3.63) is 0 Å². The number of aliphatic hydroxyl groups excluding tert-OH is 3. The summed E-state index contributed by atoms with van der Waals surface area (Å²) in [5, 5.41) is 29.5. The van der Waals surface area contributed by atoms with Gasteiger partial charge in [-0.3, -0.25) is 4.90 Å². The minimum absolute atomic E-state index is 0.236. The van der Waals surface area contributed by atoms with Gasteiger partial charge in [0.1, 0.15) is 0 Å². The van der Waals surface area contributed by atoms with Gasteiger partial charge in [0, 0.05) is 19.7 Å². The molecular weight excluding hydrogens is 318 g/mol. The van der Waals surface area contributed by atoms with Crippen molar-refractivity contribution in [2.45, 2.75) is 57.2 Å². The van der Waals surface area contributed by atoms with Gasteiger partial charge in [-0.25, -0.2) is 0 Å². The lowest BCUT2D eigenvalue weighted by Gasteiger charge is -2.28. The Bertz CT molecular complexity index is 269. The van der Waals surface area contributed by atoms with E-state index < -0.39 is 0 Å². The number of unbranched alkanes of at least 4 members (excludes halogenated alkanes) is 2. The van der Waals surface area contributed by atoms with E-state index in [0.29, 0.717) is 13.1 Å². The average Bonchev–Trinajstić information content (AvgIpc) is 2.50. The van der Waals surface area contributed by atoms with Gasteiger partial charge in [0.15, 0.2) is 0 Å². The maximum atomic E-state index is 10.3. The number of hydrogen-bond donors (Lipinski definition) is 3. The van der Waals surface area contributed by atoms with Gasteiger partial charge in [0.2, 0.25) is 0 Å². The van der Waals surface area contributed by atoms with Crippen LogP contribution < -0.4 is 0 Å². The first-order valence-corrected chi connectivity index (χ1v) is 9.84. The SMILES string of the molecule is CN(C)CCCC(O)CN(CCCCCO)CC(O)CCCN(C)C. The maximum absolute atomic E-state index is 10.3. The fraction of sp³-hybridized carbons (Fsp3) is 1.00. The summed E-state index contributed by atoms with van der Waals surface area (Å²) in [5.74, 6) is 0. The van der Waals surface area contributed by atoms with Crippen LogP contribution in [0.15, 0.2) is 0 Å². The Morgan fingerprint density at radius 3 is 1.52 bits per heavy atom. The van der Waals surface area contributed by atoms with E-state index in [9.17, 15) is 10.2 Å². The standard InChI is InChI=1S/C19H43N3O3/c1-20(2)12-8-10-18(24)16-22(14-6-5-7-15-23)17-19(25)11-9-13-21(3)4/h18-19,23-25H,5-17H2,1-4H3. The highest BCUT2D eigenvalue weighted by Crippen LogP contribution is 2.08. The lowest BCUT2D eigenvalue weighted by Crippen LogP contribution is -2.39. The maximum Gasteiger partial charge on any atom is 0.0667 e. The predicted octanol–water partition coefficient (Wildman–Crippen LogP) is 0.856. The highest BCUT2D eigenvalue weighted by molar-refractivity contribution is 4.70. The third-order valence-corrected chi connectivity index (χ3v) is 4.36. The Labute approximate surface area is 155 Å². The van der Waals surface area contributed by atoms with Crippen molar-refractivity contribution in [1.29, 1.82) is 0 Å². The van der Waals surface area contributed by atoms with Crippen molar-refractivity contribution in [2.24, 2.45) is 0 Å². The van der Waals surface area contributed by atoms with E-state index in [1.165, 1.54) is 0 Å². The number of nitrogens with zero attached hydrogens (tertiary/aromatic N) is 3. The summed E-state index contributed by atoms with van der Waals surface area (Å²) < 4.78 is 0. The van der Waals surface area contributed by atoms with Crippen molar-refractivity contribution in [3.8, 4) is 0 Å². The number of aliphatic hydroxyl groups is 3. The Morgan fingerprint density at radius 1 is 0.640 bits per heavy atom. The monoisotopic (exact) mass is 361 g/mol. The van der Waals surface area contributed by atoms with E-state index in [4.69, 9.17) is 5.11 Å². The highest BCUT2D eigenvalue weighted by Gasteiger charge is 2.15. The molecule has 0 aliphatic rings. The molecule has 0 saturated carbocycles. The minimum atomic E-state index is -0.341. The number of hydrogen-bond acceptors (Lipinski definition) is 6. The van der Waals surface area contributed by atoms with Crippen LogP contribution in [0.25, 0.3) is 0 Å². The Hall–Kier alpha value is -0.240. The van der Waals surface area contributed by atoms with Crippen LogP contribution in [0.3, 0.4) is 0 Å². The lowest BCUT2D eigenvalue weighted by molar-refractivity contribution is 0.0585. The van der Waals surface area contributed by atoms with Crippen molar-refractivity contribution < 1.29 is 15.3 Å². The zero-order valence-corrected chi connectivity index (χ0v) is 17.0. The zero-order chi connectivity index (χ0) is 19.1. The van der Waals surface area contributed by atoms with E-state index in [2.05, 4.69) is 14.7 Å². The molecule has 6 nitrogen and oxygen atoms in total. The summed E-state index contributed by atoms with van der Waals surface area (Å²) >= 11 is 0. The normalized spacial score (nSPS) is 14.6. The van der Waals surface area contributed by atoms with Crippen molar-refractivity contribution in [2.75, 3.05) is 67.5 Å². The molecule has 0 aromatic carbocycles. The minimum Gasteiger partial charge on any atom is -0.396 e. The molecule has 0 fully saturated rings. The van der Waals surface area contributed by atoms with E-state index >= 15 is 0 Å². The smallest absolute Gasteiger partial charge is 0.0667 e. The summed E-state index contributed by atoms with van der Waals surface area (Å²) in [6.45, 7) is 4.33. The summed E-state index contributed by atoms with van der Waals surface area (Å²) in [6, 6.07) is 0. The first-order chi connectivity index (χ1) is 11.8. The van der Waals surface area contributed by atoms with E-state index in [1.54, 1.807) is 0 Å². The third kappa shape index (κ3) is 17.0. The van der Waals surface area contributed by atoms with Gasteiger partial charge in [0.05, 0.1) is 12.2 Å². The molecule has 152 valence electrons. The molecule has 3 N–H and O–H groups in total. The molecule has 6 heteroatoms. The lowest BCUT2D eigenvalue weighted by atomic mass is 10.1. The van der Waals surface area contributed by atoms with Crippen molar-refractivity contribution >= 4 is 0 Å². The molecule has 2 atom stereocenters. The molecule has 0 aromatic heterocycles. The second-order valence-corrected chi connectivity index (χ2v) is 7.74. The molecule has 0 bridgehead atoms. The molecule has 0 aromatic rings. The van der Waals surface area contributed by atoms with Gasteiger partial charge < -0.3 is 25.1 Å². The van der Waals surface area contributed by atoms with Crippen molar-refractivity contribution in [1.82, 2.24) is 14.7 Å². The van der Waals surface area contributed by atoms with Gasteiger partial charge >= 0.3 is 0 Å². The highest BCUT2D eigenvalue weighted by atomic mass is 16.3. The molecule has 0 radical (unpaired) electrons. The molecule has 0 rings (SSSR count). The molecule has 0 spiro atoms. The second-order valence-electron chi connectivity index (χ2n) is 7.74. The fourth-order valence-electron chi connectivity index (χ4n) is 2.95. The average molecular weight is 362 g/mol. The van der Waals surface area contributed by atoms with Crippen LogP contribution in [0.4, 0.5) is 0 Å². The molecule has 25 heavy (non-hydrogen) atoms. The fourth-order valence-corrected chi connectivity index (χ4v) is 2.95. The van der Waals surface area contributed by atoms with Crippen LogP contribution in [0, 0.1) is 0 Å². The first kappa shape index (κ1) is 24.8. The molecule has 0 aliphatic heterocycles. The number of rotatable bonds is 17. The second kappa shape index (κ2) is 16.0. The Kier molecular flexibility index (Phi) is 15.8. The van der Waals surface area contributed by atoms with Crippen LogP contribution in [0.1, 0.15) is 44.9 Å². The van der Waals surface area contributed by atoms with Gasteiger partial charge in [-0.05, 0) is 92.8 Å². The summed E-state index contributed by atoms with van der Waals surface area (Å²) in [5.41, 5.74) is 0. The predicted molar refractivity (Wildman–Crippen MR) is 105 cm³/mol. The summed E-state index contributed by atoms with van der Waals surface area (Å²) in [7, 11) is 8.18. The van der Waals surface area contributed by atoms with Crippen LogP contribution in [0.5, 0.6) is 0 Å². The molecule has 0 amide bonds. The quantitative estimate of drug-likeness (QED) is 0.334. The zero-order valence-electron chi connectivity index (χ0n) is 17.0. The summed E-state index contributed by atoms with van der Waals surface area (Å²) in [6.07, 6.45) is 5.68. The van der Waals surface area contributed by atoms with E-state index in [0.717, 1.165) is 64.6 Å². The molecule has 0 saturated heterocycles. The molecule has 0 aliphatic carbocycles. The van der Waals surface area contributed by atoms with Gasteiger partial charge in [-0.2, -0.15) is 0 Å². The van der Waals surface area contributed by atoms with E-state index in [1.807, 2.05) is 28.2 Å². The molecule has 2 unspecified atom stereocenters. The molecule has 0 heterocycles. The Morgan fingerprint density at radius 2 is 1.12 bits per heavy atom. The summed E-state index contributed by atoms with van der Waals surface area (Å²) in [4.78, 5) is 6.46. The first-order valence-electron chi connectivity index (χ1n) is 9.84. The topological polar surface area (TPSA) is 70.4 Å². The van der Waals surface area contributed by atoms with Crippen LogP contribution in [-0.2, 0) is 0 Å². The van der Waals surface area contributed by atoms with Gasteiger partial charge in [-0.1, -0.05) is 0 Å². The van der Waals surface area contributed by atoms with Gasteiger partial charge in [0.25, 0.3) is 0 Å². The van der Waals surface area contributed by atoms with Crippen LogP contribution in [0.2, 0.25) is 0 Å². The Balaban J connectivity index is 4.23. The largest absolute Gasteiger partial charge is 0.396 e. The third-order valence-electron chi connectivity index (χ3n) is 4.36. The van der Waals surface area contributed by atoms with Crippen LogP contribution >= 0.6 is 0 Å². The molecular formula is C19H43N3O3. The van der Waals surface area contributed by atoms with Gasteiger partial charge in [-0.15, -0.1) is 0 Å². The van der Waals surface area contributed by atoms with Crippen molar-refractivity contribution in [3.63, 3.8) is 0 Å². The van der Waals surface area contributed by atoms with E-state index in [-0.39, 0.29) is 18.8 Å².